The van der Waals surface area contributed by atoms with Crippen LogP contribution in [0.5, 0.6) is 0 Å². The van der Waals surface area contributed by atoms with E-state index in [2.05, 4.69) is 22.0 Å². The van der Waals surface area contributed by atoms with Crippen LogP contribution >= 0.6 is 15.9 Å². The molecule has 102 valence electrons. The van der Waals surface area contributed by atoms with Crippen molar-refractivity contribution in [3.63, 3.8) is 0 Å². The third-order valence-electron chi connectivity index (χ3n) is 3.15. The summed E-state index contributed by atoms with van der Waals surface area (Å²) in [6.07, 6.45) is 1.22. The summed E-state index contributed by atoms with van der Waals surface area (Å²) >= 11 is 3.36. The van der Waals surface area contributed by atoms with Crippen molar-refractivity contribution in [2.75, 3.05) is 37.3 Å². The van der Waals surface area contributed by atoms with Crippen molar-refractivity contribution < 1.29 is 8.42 Å². The first-order valence-electron chi connectivity index (χ1n) is 5.82. The molecule has 0 radical (unpaired) electrons. The van der Waals surface area contributed by atoms with E-state index in [1.165, 1.54) is 10.6 Å². The zero-order valence-electron chi connectivity index (χ0n) is 10.5. The standard InChI is InChI=1S/C12H14BrN3O2S/c1-19(17,18)16-7-5-15(6-8-16)12-4-2-3-11(13)10(12)9-14/h2-4H,5-8H2,1H3. The summed E-state index contributed by atoms with van der Waals surface area (Å²) in [6.45, 7) is 2.10. The molecule has 0 saturated carbocycles. The van der Waals surface area contributed by atoms with Crippen LogP contribution in [0.2, 0.25) is 0 Å². The van der Waals surface area contributed by atoms with Crippen LogP contribution in [0, 0.1) is 11.3 Å². The highest BCUT2D eigenvalue weighted by Gasteiger charge is 2.24. The summed E-state index contributed by atoms with van der Waals surface area (Å²) in [7, 11) is -3.12. The summed E-state index contributed by atoms with van der Waals surface area (Å²) in [6, 6.07) is 7.78. The number of benzene rings is 1. The molecule has 0 bridgehead atoms. The molecule has 1 heterocycles. The van der Waals surface area contributed by atoms with E-state index in [1.807, 2.05) is 23.1 Å². The maximum absolute atomic E-state index is 11.5. The summed E-state index contributed by atoms with van der Waals surface area (Å²) in [4.78, 5) is 2.05. The van der Waals surface area contributed by atoms with Crippen LogP contribution in [-0.2, 0) is 10.0 Å². The average Bonchev–Trinajstić information content (AvgIpc) is 2.37. The number of hydrogen-bond acceptors (Lipinski definition) is 4. The molecule has 1 aliphatic rings. The second-order valence-corrected chi connectivity index (χ2v) is 7.23. The quantitative estimate of drug-likeness (QED) is 0.814. The Morgan fingerprint density at radius 1 is 1.26 bits per heavy atom. The topological polar surface area (TPSA) is 64.4 Å². The zero-order chi connectivity index (χ0) is 14.0. The van der Waals surface area contributed by atoms with Crippen molar-refractivity contribution in [2.24, 2.45) is 0 Å². The van der Waals surface area contributed by atoms with Crippen LogP contribution in [0.3, 0.4) is 0 Å². The number of nitriles is 1. The summed E-state index contributed by atoms with van der Waals surface area (Å²) < 4.78 is 25.1. The highest BCUT2D eigenvalue weighted by Crippen LogP contribution is 2.28. The molecule has 19 heavy (non-hydrogen) atoms. The van der Waals surface area contributed by atoms with E-state index in [0.717, 1.165) is 10.2 Å². The third kappa shape index (κ3) is 3.08. The van der Waals surface area contributed by atoms with E-state index in [0.29, 0.717) is 31.7 Å². The molecule has 2 rings (SSSR count). The molecule has 1 aliphatic heterocycles. The molecular formula is C12H14BrN3O2S. The molecular weight excluding hydrogens is 330 g/mol. The van der Waals surface area contributed by atoms with Crippen molar-refractivity contribution in [1.82, 2.24) is 4.31 Å². The minimum absolute atomic E-state index is 0.455. The minimum Gasteiger partial charge on any atom is -0.368 e. The van der Waals surface area contributed by atoms with E-state index < -0.39 is 10.0 Å². The summed E-state index contributed by atoms with van der Waals surface area (Å²) in [5, 5.41) is 9.20. The Bertz CT molecular complexity index is 616. The Kier molecular flexibility index (Phi) is 4.13. The van der Waals surface area contributed by atoms with Crippen LogP contribution in [0.15, 0.2) is 22.7 Å². The van der Waals surface area contributed by atoms with Gasteiger partial charge in [-0.25, -0.2) is 8.42 Å². The molecule has 7 heteroatoms. The van der Waals surface area contributed by atoms with Crippen LogP contribution in [0.25, 0.3) is 0 Å². The molecule has 0 N–H and O–H groups in total. The second-order valence-electron chi connectivity index (χ2n) is 4.39. The lowest BCUT2D eigenvalue weighted by molar-refractivity contribution is 0.388. The predicted molar refractivity (Wildman–Crippen MR) is 77.5 cm³/mol. The van der Waals surface area contributed by atoms with Crippen molar-refractivity contribution in [3.05, 3.63) is 28.2 Å². The maximum atomic E-state index is 11.5. The van der Waals surface area contributed by atoms with Gasteiger partial charge in [0.1, 0.15) is 6.07 Å². The van der Waals surface area contributed by atoms with Crippen LogP contribution in [0.4, 0.5) is 5.69 Å². The van der Waals surface area contributed by atoms with Gasteiger partial charge in [-0.3, -0.25) is 0 Å². The molecule has 0 spiro atoms. The van der Waals surface area contributed by atoms with Gasteiger partial charge in [-0.15, -0.1) is 0 Å². The van der Waals surface area contributed by atoms with E-state index >= 15 is 0 Å². The lowest BCUT2D eigenvalue weighted by Gasteiger charge is -2.35. The van der Waals surface area contributed by atoms with Gasteiger partial charge in [0, 0.05) is 30.7 Å². The highest BCUT2D eigenvalue weighted by atomic mass is 79.9. The van der Waals surface area contributed by atoms with Crippen molar-refractivity contribution in [3.8, 4) is 6.07 Å². The van der Waals surface area contributed by atoms with Crippen molar-refractivity contribution >= 4 is 31.6 Å². The van der Waals surface area contributed by atoms with E-state index in [4.69, 9.17) is 0 Å². The number of rotatable bonds is 2. The molecule has 0 atom stereocenters. The maximum Gasteiger partial charge on any atom is 0.211 e. The summed E-state index contributed by atoms with van der Waals surface area (Å²) in [5.74, 6) is 0. The molecule has 1 saturated heterocycles. The van der Waals surface area contributed by atoms with Gasteiger partial charge < -0.3 is 4.90 Å². The molecule has 1 fully saturated rings. The first-order valence-corrected chi connectivity index (χ1v) is 8.46. The largest absolute Gasteiger partial charge is 0.368 e. The molecule has 0 aliphatic carbocycles. The van der Waals surface area contributed by atoms with E-state index in [9.17, 15) is 13.7 Å². The monoisotopic (exact) mass is 343 g/mol. The SMILES string of the molecule is CS(=O)(=O)N1CCN(c2cccc(Br)c2C#N)CC1. The van der Waals surface area contributed by atoms with Gasteiger partial charge in [0.25, 0.3) is 0 Å². The fourth-order valence-electron chi connectivity index (χ4n) is 2.15. The summed E-state index contributed by atoms with van der Waals surface area (Å²) in [5.41, 5.74) is 1.44. The third-order valence-corrected chi connectivity index (χ3v) is 5.12. The number of hydrogen-bond donors (Lipinski definition) is 0. The first-order chi connectivity index (χ1) is 8.93. The van der Waals surface area contributed by atoms with Gasteiger partial charge >= 0.3 is 0 Å². The Labute approximate surface area is 121 Å². The number of sulfonamides is 1. The smallest absolute Gasteiger partial charge is 0.211 e. The van der Waals surface area contributed by atoms with E-state index in [1.54, 1.807) is 0 Å². The normalized spacial score (nSPS) is 17.2. The first kappa shape index (κ1) is 14.3. The van der Waals surface area contributed by atoms with E-state index in [-0.39, 0.29) is 0 Å². The molecule has 0 aromatic heterocycles. The van der Waals surface area contributed by atoms with Gasteiger partial charge in [-0.05, 0) is 28.1 Å². The molecule has 5 nitrogen and oxygen atoms in total. The number of piperazine rings is 1. The van der Waals surface area contributed by atoms with Crippen LogP contribution in [-0.4, -0.2) is 45.2 Å². The lowest BCUT2D eigenvalue weighted by Crippen LogP contribution is -2.48. The number of anilines is 1. The minimum atomic E-state index is -3.12. The van der Waals surface area contributed by atoms with Gasteiger partial charge in [0.2, 0.25) is 10.0 Å². The van der Waals surface area contributed by atoms with Gasteiger partial charge in [-0.2, -0.15) is 9.57 Å². The van der Waals surface area contributed by atoms with Gasteiger partial charge in [0.05, 0.1) is 17.5 Å². The number of nitrogens with zero attached hydrogens (tertiary/aromatic N) is 3. The lowest BCUT2D eigenvalue weighted by atomic mass is 10.1. The Morgan fingerprint density at radius 3 is 2.42 bits per heavy atom. The van der Waals surface area contributed by atoms with Crippen molar-refractivity contribution in [1.29, 1.82) is 5.26 Å². The van der Waals surface area contributed by atoms with Crippen LogP contribution in [0.1, 0.15) is 5.56 Å². The zero-order valence-corrected chi connectivity index (χ0v) is 12.9. The Morgan fingerprint density at radius 2 is 1.89 bits per heavy atom. The van der Waals surface area contributed by atoms with Crippen LogP contribution < -0.4 is 4.90 Å². The average molecular weight is 344 g/mol. The second kappa shape index (κ2) is 5.49. The van der Waals surface area contributed by atoms with Crippen molar-refractivity contribution in [2.45, 2.75) is 0 Å². The Balaban J connectivity index is 2.19. The molecule has 1 aromatic rings. The fourth-order valence-corrected chi connectivity index (χ4v) is 3.42. The Hall–Kier alpha value is -1.10. The molecule has 0 unspecified atom stereocenters. The van der Waals surface area contributed by atoms with Gasteiger partial charge in [0.15, 0.2) is 0 Å². The predicted octanol–water partition coefficient (Wildman–Crippen LogP) is 1.40. The molecule has 1 aromatic carbocycles. The number of halogens is 1. The molecule has 0 amide bonds. The highest BCUT2D eigenvalue weighted by molar-refractivity contribution is 9.10. The van der Waals surface area contributed by atoms with Gasteiger partial charge in [-0.1, -0.05) is 6.07 Å². The fraction of sp³-hybridized carbons (Fsp3) is 0.417.